The Morgan fingerprint density at radius 2 is 1.45 bits per heavy atom. The van der Waals surface area contributed by atoms with Crippen molar-refractivity contribution >= 4 is 13.6 Å². The second kappa shape index (κ2) is 21.3. The molecular formula is C28H52N3O10P. The summed E-state index contributed by atoms with van der Waals surface area (Å²) in [4.78, 5) is 25.6. The summed E-state index contributed by atoms with van der Waals surface area (Å²) in [6, 6.07) is 1.26. The van der Waals surface area contributed by atoms with Gasteiger partial charge in [-0.3, -0.25) is 24.3 Å². The molecule has 5 N–H and O–H groups in total. The van der Waals surface area contributed by atoms with Gasteiger partial charge in [-0.15, -0.1) is 0 Å². The van der Waals surface area contributed by atoms with E-state index in [4.69, 9.17) is 23.7 Å². The minimum absolute atomic E-state index is 0.0574. The fourth-order valence-electron chi connectivity index (χ4n) is 4.81. The van der Waals surface area contributed by atoms with Crippen LogP contribution in [0.5, 0.6) is 0 Å². The van der Waals surface area contributed by atoms with E-state index >= 15 is 0 Å². The van der Waals surface area contributed by atoms with E-state index in [2.05, 4.69) is 11.9 Å². The lowest BCUT2D eigenvalue weighted by molar-refractivity contribution is -0.0552. The van der Waals surface area contributed by atoms with Gasteiger partial charge in [0.25, 0.3) is 0 Å². The number of aliphatic hydroxyl groups is 2. The highest BCUT2D eigenvalue weighted by Crippen LogP contribution is 2.44. The number of aliphatic hydroxyl groups excluding tert-OH is 2. The number of phosphoric ester groups is 1. The molecule has 1 aromatic rings. The maximum absolute atomic E-state index is 12.2. The molecule has 244 valence electrons. The number of hydrogen-bond donors (Lipinski definition) is 5. The van der Waals surface area contributed by atoms with Gasteiger partial charge in [0.15, 0.2) is 12.0 Å². The standard InChI is InChI=1S/C28H52N3O10P/c1-2-3-4-5-6-7-8-9-10-11-12-13-14-15-19-38-20-16-21-39-42(36,37)40-22-23-25(32)26(33)27(41-23)31-18-17-24(30-35)29-28(31)34/h17-18,23,25-27,32-33,35H,2-16,19-22H2,1H3,(H,36,37)(H,29,30,34)/t23-,25?,26+,27-/m1/s1. The Morgan fingerprint density at radius 3 is 2.02 bits per heavy atom. The van der Waals surface area contributed by atoms with Crippen LogP contribution in [-0.4, -0.2) is 74.6 Å². The maximum atomic E-state index is 12.2. The number of phosphoric acid groups is 1. The Labute approximate surface area is 249 Å². The summed E-state index contributed by atoms with van der Waals surface area (Å²) in [6.45, 7) is 2.67. The van der Waals surface area contributed by atoms with Gasteiger partial charge in [0.05, 0.1) is 13.2 Å². The number of rotatable bonds is 25. The Bertz CT molecular complexity index is 953. The molecule has 2 unspecified atom stereocenters. The molecule has 0 amide bonds. The second-order valence-corrected chi connectivity index (χ2v) is 12.3. The quantitative estimate of drug-likeness (QED) is 0.0578. The van der Waals surface area contributed by atoms with Gasteiger partial charge in [0.2, 0.25) is 0 Å². The number of hydrogen-bond acceptors (Lipinski definition) is 11. The topological polar surface area (TPSA) is 182 Å². The van der Waals surface area contributed by atoms with E-state index in [9.17, 15) is 24.5 Å². The van der Waals surface area contributed by atoms with Gasteiger partial charge in [0, 0.05) is 19.4 Å². The fourth-order valence-corrected chi connectivity index (χ4v) is 5.58. The molecular weight excluding hydrogens is 569 g/mol. The van der Waals surface area contributed by atoms with Crippen molar-refractivity contribution in [1.29, 1.82) is 0 Å². The van der Waals surface area contributed by atoms with Crippen LogP contribution in [0.15, 0.2) is 17.1 Å². The van der Waals surface area contributed by atoms with Gasteiger partial charge in [-0.05, 0) is 18.9 Å². The van der Waals surface area contributed by atoms with E-state index in [0.29, 0.717) is 19.6 Å². The molecule has 1 fully saturated rings. The average Bonchev–Trinajstić information content (AvgIpc) is 3.25. The van der Waals surface area contributed by atoms with Gasteiger partial charge in [-0.1, -0.05) is 90.4 Å². The van der Waals surface area contributed by atoms with Crippen molar-refractivity contribution in [3.05, 3.63) is 22.7 Å². The maximum Gasteiger partial charge on any atom is 0.472 e. The molecule has 1 aromatic heterocycles. The van der Waals surface area contributed by atoms with E-state index in [1.807, 2.05) is 0 Å². The predicted molar refractivity (Wildman–Crippen MR) is 157 cm³/mol. The van der Waals surface area contributed by atoms with Crippen molar-refractivity contribution in [3.8, 4) is 0 Å². The molecule has 0 bridgehead atoms. The molecule has 0 aliphatic carbocycles. The van der Waals surface area contributed by atoms with Gasteiger partial charge < -0.3 is 24.6 Å². The third kappa shape index (κ3) is 14.4. The second-order valence-electron chi connectivity index (χ2n) is 10.8. The first kappa shape index (κ1) is 36.8. The molecule has 2 heterocycles. The van der Waals surface area contributed by atoms with E-state index in [-0.39, 0.29) is 12.4 Å². The molecule has 1 saturated heterocycles. The summed E-state index contributed by atoms with van der Waals surface area (Å²) >= 11 is 0. The van der Waals surface area contributed by atoms with Crippen molar-refractivity contribution in [2.75, 3.05) is 31.9 Å². The van der Waals surface area contributed by atoms with Crippen molar-refractivity contribution in [3.63, 3.8) is 0 Å². The van der Waals surface area contributed by atoms with Crippen LogP contribution in [0.2, 0.25) is 0 Å². The van der Waals surface area contributed by atoms with Crippen LogP contribution in [0.25, 0.3) is 0 Å². The first-order chi connectivity index (χ1) is 20.3. The summed E-state index contributed by atoms with van der Waals surface area (Å²) in [7, 11) is -4.44. The van der Waals surface area contributed by atoms with Gasteiger partial charge in [0.1, 0.15) is 18.3 Å². The molecule has 0 spiro atoms. The first-order valence-electron chi connectivity index (χ1n) is 15.5. The predicted octanol–water partition coefficient (Wildman–Crippen LogP) is 4.69. The normalized spacial score (nSPS) is 21.9. The lowest BCUT2D eigenvalue weighted by atomic mass is 10.0. The van der Waals surface area contributed by atoms with Crippen molar-refractivity contribution < 1.29 is 43.4 Å². The highest BCUT2D eigenvalue weighted by molar-refractivity contribution is 7.47. The highest BCUT2D eigenvalue weighted by atomic mass is 31.2. The number of nitrogens with zero attached hydrogens (tertiary/aromatic N) is 2. The van der Waals surface area contributed by atoms with Crippen LogP contribution in [0.4, 0.5) is 5.82 Å². The molecule has 2 rings (SSSR count). The number of nitrogens with one attached hydrogen (secondary N) is 1. The largest absolute Gasteiger partial charge is 0.472 e. The van der Waals surface area contributed by atoms with Gasteiger partial charge >= 0.3 is 13.5 Å². The molecule has 42 heavy (non-hydrogen) atoms. The summed E-state index contributed by atoms with van der Waals surface area (Å²) in [6.07, 6.45) is 14.3. The zero-order chi connectivity index (χ0) is 30.6. The van der Waals surface area contributed by atoms with Gasteiger partial charge in [-0.25, -0.2) is 9.36 Å². The number of ether oxygens (including phenoxy) is 2. The Kier molecular flexibility index (Phi) is 18.7. The number of unbranched alkanes of at least 4 members (excludes halogenated alkanes) is 13. The van der Waals surface area contributed by atoms with Crippen LogP contribution in [0.1, 0.15) is 109 Å². The summed E-state index contributed by atoms with van der Waals surface area (Å²) in [5, 5.41) is 29.4. The SMILES string of the molecule is CCCCCCCCCCCCCCCCOCCCOP(=O)(O)OC[C@H]1O[C@@H](n2ccc(NO)nc2=O)[C@@H](O)C1O. The Morgan fingerprint density at radius 1 is 0.881 bits per heavy atom. The van der Waals surface area contributed by atoms with E-state index in [0.717, 1.165) is 17.4 Å². The van der Waals surface area contributed by atoms with Crippen LogP contribution < -0.4 is 11.2 Å². The van der Waals surface area contributed by atoms with Crippen molar-refractivity contribution in [2.45, 2.75) is 128 Å². The van der Waals surface area contributed by atoms with Crippen LogP contribution >= 0.6 is 7.82 Å². The fraction of sp³-hybridized carbons (Fsp3) is 0.857. The molecule has 5 atom stereocenters. The molecule has 13 nitrogen and oxygen atoms in total. The first-order valence-corrected chi connectivity index (χ1v) is 17.0. The van der Waals surface area contributed by atoms with E-state index in [1.54, 1.807) is 5.48 Å². The third-order valence-corrected chi connectivity index (χ3v) is 8.27. The number of aromatic nitrogens is 2. The van der Waals surface area contributed by atoms with Crippen LogP contribution in [0, 0.1) is 0 Å². The van der Waals surface area contributed by atoms with Gasteiger partial charge in [-0.2, -0.15) is 4.98 Å². The molecule has 0 radical (unpaired) electrons. The highest BCUT2D eigenvalue weighted by Gasteiger charge is 2.45. The number of anilines is 1. The minimum atomic E-state index is -4.44. The minimum Gasteiger partial charge on any atom is -0.387 e. The van der Waals surface area contributed by atoms with Crippen LogP contribution in [0.3, 0.4) is 0 Å². The summed E-state index contributed by atoms with van der Waals surface area (Å²) < 4.78 is 34.0. The van der Waals surface area contributed by atoms with Crippen LogP contribution in [-0.2, 0) is 23.1 Å². The molecule has 14 heteroatoms. The third-order valence-electron chi connectivity index (χ3n) is 7.29. The molecule has 0 aromatic carbocycles. The smallest absolute Gasteiger partial charge is 0.387 e. The molecule has 1 aliphatic rings. The zero-order valence-electron chi connectivity index (χ0n) is 25.0. The Balaban J connectivity index is 1.46. The van der Waals surface area contributed by atoms with E-state index < -0.39 is 44.7 Å². The summed E-state index contributed by atoms with van der Waals surface area (Å²) in [5.74, 6) is -0.109. The van der Waals surface area contributed by atoms with Crippen molar-refractivity contribution in [2.24, 2.45) is 0 Å². The Hall–Kier alpha value is -1.41. The summed E-state index contributed by atoms with van der Waals surface area (Å²) in [5.41, 5.74) is 0.874. The monoisotopic (exact) mass is 621 g/mol. The lowest BCUT2D eigenvalue weighted by Gasteiger charge is -2.18. The molecule has 0 saturated carbocycles. The van der Waals surface area contributed by atoms with Crippen molar-refractivity contribution in [1.82, 2.24) is 9.55 Å². The molecule has 1 aliphatic heterocycles. The lowest BCUT2D eigenvalue weighted by Crippen LogP contribution is -2.36. The average molecular weight is 622 g/mol. The zero-order valence-corrected chi connectivity index (χ0v) is 25.9. The van der Waals surface area contributed by atoms with E-state index in [1.165, 1.54) is 89.3 Å².